The Labute approximate surface area is 128 Å². The number of pyridine rings is 1. The predicted molar refractivity (Wildman–Crippen MR) is 80.1 cm³/mol. The van der Waals surface area contributed by atoms with E-state index in [1.165, 1.54) is 36.4 Å². The number of hydrogen-bond acceptors (Lipinski definition) is 2. The summed E-state index contributed by atoms with van der Waals surface area (Å²) in [4.78, 5) is 20.3. The van der Waals surface area contributed by atoms with Crippen molar-refractivity contribution in [2.24, 2.45) is 0 Å². The summed E-state index contributed by atoms with van der Waals surface area (Å²) in [5, 5.41) is 14.4. The summed E-state index contributed by atoms with van der Waals surface area (Å²) in [6.07, 6.45) is -0.280. The Hall–Kier alpha value is -3.22. The van der Waals surface area contributed by atoms with Gasteiger partial charge in [0, 0.05) is 23.3 Å². The van der Waals surface area contributed by atoms with Crippen LogP contribution in [0.15, 0.2) is 59.5 Å². The lowest BCUT2D eigenvalue weighted by Crippen LogP contribution is -2.06. The van der Waals surface area contributed by atoms with Crippen molar-refractivity contribution >= 4 is 17.1 Å². The minimum absolute atomic E-state index is 0.173. The van der Waals surface area contributed by atoms with Crippen molar-refractivity contribution in [2.45, 2.75) is 0 Å². The Morgan fingerprint density at radius 3 is 2.09 bits per heavy atom. The minimum Gasteiger partial charge on any atom is -0.450 e. The number of nitrogens with zero attached hydrogens (tertiary/aromatic N) is 1. The molecule has 3 rings (SSSR count). The summed E-state index contributed by atoms with van der Waals surface area (Å²) in [5.41, 5.74) is 0.949. The zero-order chi connectivity index (χ0) is 17.0. The molecule has 2 N–H and O–H groups in total. The summed E-state index contributed by atoms with van der Waals surface area (Å²) in [6.45, 7) is 0. The number of carboxylic acid groups (broad SMARTS) is 2. The molecule has 0 aliphatic carbocycles. The maximum atomic E-state index is 13.4. The van der Waals surface area contributed by atoms with E-state index in [2.05, 4.69) is 0 Å². The second-order valence-corrected chi connectivity index (χ2v) is 4.47. The van der Waals surface area contributed by atoms with Crippen LogP contribution in [0.2, 0.25) is 0 Å². The van der Waals surface area contributed by atoms with E-state index in [1.807, 2.05) is 0 Å². The molecule has 0 bridgehead atoms. The number of halogens is 2. The molecular formula is C16H11F2NO4. The summed E-state index contributed by atoms with van der Waals surface area (Å²) in [7, 11) is 0. The average molecular weight is 319 g/mol. The standard InChI is InChI=1S/C15H9F2NO.CH2O3/c16-10-1-4-12(5-2-10)18-8-7-15(19)13-6-3-11(17)9-14(13)18;2-1(3)4/h1-9H;(H2,2,3,4). The first-order valence-electron chi connectivity index (χ1n) is 6.37. The molecule has 2 aromatic carbocycles. The van der Waals surface area contributed by atoms with Gasteiger partial charge < -0.3 is 14.8 Å². The second-order valence-electron chi connectivity index (χ2n) is 4.47. The molecule has 1 heterocycles. The molecule has 0 aliphatic heterocycles. The van der Waals surface area contributed by atoms with Crippen molar-refractivity contribution in [1.82, 2.24) is 4.57 Å². The molecular weight excluding hydrogens is 308 g/mol. The molecule has 1 aromatic heterocycles. The number of aromatic nitrogens is 1. The molecule has 0 aliphatic rings. The van der Waals surface area contributed by atoms with E-state index in [9.17, 15) is 13.6 Å². The van der Waals surface area contributed by atoms with Crippen LogP contribution >= 0.6 is 0 Å². The van der Waals surface area contributed by atoms with E-state index in [0.717, 1.165) is 0 Å². The van der Waals surface area contributed by atoms with Crippen molar-refractivity contribution in [3.63, 3.8) is 0 Å². The van der Waals surface area contributed by atoms with Crippen molar-refractivity contribution in [2.75, 3.05) is 0 Å². The smallest absolute Gasteiger partial charge is 0.450 e. The lowest BCUT2D eigenvalue weighted by molar-refractivity contribution is 0.137. The molecule has 23 heavy (non-hydrogen) atoms. The van der Waals surface area contributed by atoms with Crippen molar-refractivity contribution in [3.05, 3.63) is 76.6 Å². The molecule has 0 unspecified atom stereocenters. The number of benzene rings is 2. The Morgan fingerprint density at radius 1 is 0.913 bits per heavy atom. The van der Waals surface area contributed by atoms with Crippen molar-refractivity contribution in [3.8, 4) is 5.69 Å². The topological polar surface area (TPSA) is 79.5 Å². The molecule has 0 atom stereocenters. The molecule has 0 radical (unpaired) electrons. The fraction of sp³-hybridized carbons (Fsp3) is 0. The largest absolute Gasteiger partial charge is 0.503 e. The third-order valence-corrected chi connectivity index (χ3v) is 2.96. The third kappa shape index (κ3) is 3.91. The average Bonchev–Trinajstić information content (AvgIpc) is 2.48. The highest BCUT2D eigenvalue weighted by atomic mass is 19.1. The van der Waals surface area contributed by atoms with Gasteiger partial charge in [0.05, 0.1) is 5.52 Å². The number of fused-ring (bicyclic) bond motifs is 1. The number of carbonyl (C=O) groups is 1. The van der Waals surface area contributed by atoms with Gasteiger partial charge in [0.15, 0.2) is 5.43 Å². The van der Waals surface area contributed by atoms with E-state index in [0.29, 0.717) is 16.6 Å². The number of rotatable bonds is 1. The molecule has 118 valence electrons. The van der Waals surface area contributed by atoms with Gasteiger partial charge in [-0.2, -0.15) is 0 Å². The second kappa shape index (κ2) is 6.69. The van der Waals surface area contributed by atoms with Crippen LogP contribution in [-0.2, 0) is 0 Å². The summed E-state index contributed by atoms with van der Waals surface area (Å²) >= 11 is 0. The van der Waals surface area contributed by atoms with Crippen LogP contribution in [0.4, 0.5) is 13.6 Å². The van der Waals surface area contributed by atoms with Gasteiger partial charge >= 0.3 is 6.16 Å². The molecule has 5 nitrogen and oxygen atoms in total. The van der Waals surface area contributed by atoms with Crippen LogP contribution < -0.4 is 5.43 Å². The SMILES string of the molecule is O=C(O)O.O=c1ccn(-c2ccc(F)cc2)c2cc(F)ccc12. The van der Waals surface area contributed by atoms with Gasteiger partial charge in [0.25, 0.3) is 0 Å². The van der Waals surface area contributed by atoms with Crippen LogP contribution in [0.3, 0.4) is 0 Å². The van der Waals surface area contributed by atoms with Crippen LogP contribution in [0.1, 0.15) is 0 Å². The van der Waals surface area contributed by atoms with Crippen LogP contribution in [-0.4, -0.2) is 20.9 Å². The summed E-state index contributed by atoms with van der Waals surface area (Å²) in [6, 6.07) is 11.2. The molecule has 0 saturated carbocycles. The van der Waals surface area contributed by atoms with Crippen molar-refractivity contribution in [1.29, 1.82) is 0 Å². The zero-order valence-electron chi connectivity index (χ0n) is 11.6. The quantitative estimate of drug-likeness (QED) is 0.719. The Morgan fingerprint density at radius 2 is 1.48 bits per heavy atom. The first kappa shape index (κ1) is 16.2. The van der Waals surface area contributed by atoms with Gasteiger partial charge in [-0.1, -0.05) is 0 Å². The van der Waals surface area contributed by atoms with Gasteiger partial charge in [0.2, 0.25) is 0 Å². The fourth-order valence-corrected chi connectivity index (χ4v) is 2.05. The van der Waals surface area contributed by atoms with Crippen LogP contribution in [0.5, 0.6) is 0 Å². The predicted octanol–water partition coefficient (Wildman–Crippen LogP) is 3.49. The molecule has 0 spiro atoms. The Kier molecular flexibility index (Phi) is 4.70. The minimum atomic E-state index is -1.83. The summed E-state index contributed by atoms with van der Waals surface area (Å²) < 4.78 is 27.9. The normalized spacial score (nSPS) is 10.0. The van der Waals surface area contributed by atoms with E-state index < -0.39 is 12.0 Å². The molecule has 7 heteroatoms. The highest BCUT2D eigenvalue weighted by molar-refractivity contribution is 5.80. The van der Waals surface area contributed by atoms with Gasteiger partial charge in [-0.3, -0.25) is 4.79 Å². The maximum absolute atomic E-state index is 13.4. The number of hydrogen-bond donors (Lipinski definition) is 2. The van der Waals surface area contributed by atoms with E-state index in [-0.39, 0.29) is 11.2 Å². The van der Waals surface area contributed by atoms with Gasteiger partial charge in [-0.05, 0) is 42.5 Å². The van der Waals surface area contributed by atoms with Crippen LogP contribution in [0, 0.1) is 11.6 Å². The molecule has 0 fully saturated rings. The maximum Gasteiger partial charge on any atom is 0.503 e. The van der Waals surface area contributed by atoms with Crippen LogP contribution in [0.25, 0.3) is 16.6 Å². The van der Waals surface area contributed by atoms with E-state index >= 15 is 0 Å². The van der Waals surface area contributed by atoms with Gasteiger partial charge in [-0.25, -0.2) is 13.6 Å². The lowest BCUT2D eigenvalue weighted by atomic mass is 10.2. The van der Waals surface area contributed by atoms with E-state index in [1.54, 1.807) is 22.9 Å². The first-order valence-corrected chi connectivity index (χ1v) is 6.37. The van der Waals surface area contributed by atoms with E-state index in [4.69, 9.17) is 15.0 Å². The lowest BCUT2D eigenvalue weighted by Gasteiger charge is -2.10. The summed E-state index contributed by atoms with van der Waals surface area (Å²) in [5.74, 6) is -0.769. The third-order valence-electron chi connectivity index (χ3n) is 2.96. The highest BCUT2D eigenvalue weighted by Crippen LogP contribution is 2.17. The van der Waals surface area contributed by atoms with Gasteiger partial charge in [0.1, 0.15) is 11.6 Å². The first-order chi connectivity index (χ1) is 10.9. The highest BCUT2D eigenvalue weighted by Gasteiger charge is 2.05. The fourth-order valence-electron chi connectivity index (χ4n) is 2.05. The zero-order valence-corrected chi connectivity index (χ0v) is 11.6. The molecule has 0 saturated heterocycles. The Balaban J connectivity index is 0.000000433. The van der Waals surface area contributed by atoms with Crippen molar-refractivity contribution < 1.29 is 23.8 Å². The Bertz CT molecular complexity index is 900. The van der Waals surface area contributed by atoms with Gasteiger partial charge in [-0.15, -0.1) is 0 Å². The monoisotopic (exact) mass is 319 g/mol. The molecule has 0 amide bonds. The molecule has 3 aromatic rings.